The number of ether oxygens (including phenoxy) is 1. The van der Waals surface area contributed by atoms with Crippen molar-refractivity contribution in [2.75, 3.05) is 0 Å². The van der Waals surface area contributed by atoms with Gasteiger partial charge in [0.25, 0.3) is 0 Å². The van der Waals surface area contributed by atoms with Gasteiger partial charge < -0.3 is 15.0 Å². The fraction of sp³-hybridized carbons (Fsp3) is 0.357. The minimum atomic E-state index is 0.456. The zero-order valence-corrected chi connectivity index (χ0v) is 11.1. The Morgan fingerprint density at radius 2 is 2.11 bits per heavy atom. The number of benzene rings is 1. The van der Waals surface area contributed by atoms with E-state index in [4.69, 9.17) is 10.5 Å². The molecule has 0 aliphatic carbocycles. The van der Waals surface area contributed by atoms with Crippen molar-refractivity contribution in [2.45, 2.75) is 27.0 Å². The van der Waals surface area contributed by atoms with Gasteiger partial charge >= 0.3 is 0 Å². The van der Waals surface area contributed by atoms with Gasteiger partial charge in [0.2, 0.25) is 0 Å². The van der Waals surface area contributed by atoms with Crippen molar-refractivity contribution in [1.82, 2.24) is 9.55 Å². The van der Waals surface area contributed by atoms with Crippen LogP contribution in [-0.2, 0) is 20.2 Å². The van der Waals surface area contributed by atoms with Crippen LogP contribution in [0.3, 0.4) is 0 Å². The predicted molar refractivity (Wildman–Crippen MR) is 71.3 cm³/mol. The van der Waals surface area contributed by atoms with Crippen molar-refractivity contribution in [2.24, 2.45) is 12.8 Å². The maximum Gasteiger partial charge on any atom is 0.146 e. The van der Waals surface area contributed by atoms with Crippen molar-refractivity contribution >= 4 is 0 Å². The Balaban J connectivity index is 2.11. The molecular weight excluding hydrogens is 226 g/mol. The number of hydrogen-bond donors (Lipinski definition) is 1. The van der Waals surface area contributed by atoms with Crippen LogP contribution in [0.1, 0.15) is 22.6 Å². The van der Waals surface area contributed by atoms with Gasteiger partial charge in [0, 0.05) is 19.8 Å². The van der Waals surface area contributed by atoms with E-state index in [9.17, 15) is 0 Å². The molecule has 0 aliphatic heterocycles. The summed E-state index contributed by atoms with van der Waals surface area (Å²) in [6.07, 6.45) is 1.93. The molecule has 0 aliphatic rings. The number of imidazole rings is 1. The first kappa shape index (κ1) is 12.6. The molecule has 0 saturated carbocycles. The minimum Gasteiger partial charge on any atom is -0.485 e. The first-order valence-corrected chi connectivity index (χ1v) is 6.01. The van der Waals surface area contributed by atoms with E-state index in [-0.39, 0.29) is 0 Å². The zero-order valence-electron chi connectivity index (χ0n) is 11.1. The van der Waals surface area contributed by atoms with Gasteiger partial charge in [-0.2, -0.15) is 0 Å². The van der Waals surface area contributed by atoms with Crippen molar-refractivity contribution < 1.29 is 4.74 Å². The maximum absolute atomic E-state index is 5.82. The van der Waals surface area contributed by atoms with Crippen LogP contribution < -0.4 is 10.5 Å². The lowest BCUT2D eigenvalue weighted by Crippen LogP contribution is -2.04. The normalized spacial score (nSPS) is 10.7. The van der Waals surface area contributed by atoms with Crippen LogP contribution >= 0.6 is 0 Å². The molecule has 1 aromatic heterocycles. The van der Waals surface area contributed by atoms with E-state index in [1.165, 1.54) is 5.56 Å². The van der Waals surface area contributed by atoms with Gasteiger partial charge in [-0.15, -0.1) is 0 Å². The molecule has 2 N–H and O–H groups in total. The molecule has 0 spiro atoms. The molecule has 4 heteroatoms. The van der Waals surface area contributed by atoms with E-state index < -0.39 is 0 Å². The number of aryl methyl sites for hydroxylation is 3. The number of aromatic nitrogens is 2. The predicted octanol–water partition coefficient (Wildman–Crippen LogP) is 2.07. The molecule has 4 nitrogen and oxygen atoms in total. The summed E-state index contributed by atoms with van der Waals surface area (Å²) in [7, 11) is 1.95. The molecule has 18 heavy (non-hydrogen) atoms. The maximum atomic E-state index is 5.82. The van der Waals surface area contributed by atoms with Gasteiger partial charge in [-0.05, 0) is 31.0 Å². The topological polar surface area (TPSA) is 53.1 Å². The van der Waals surface area contributed by atoms with Crippen molar-refractivity contribution in [3.8, 4) is 5.75 Å². The molecule has 0 amide bonds. The SMILES string of the molecule is Cc1ccc(C)c(OCc2nc(CN)cn2C)c1. The molecule has 2 aromatic rings. The van der Waals surface area contributed by atoms with E-state index in [2.05, 4.69) is 24.0 Å². The van der Waals surface area contributed by atoms with Gasteiger partial charge in [-0.25, -0.2) is 4.98 Å². The molecule has 0 atom stereocenters. The Hall–Kier alpha value is -1.81. The van der Waals surface area contributed by atoms with E-state index >= 15 is 0 Å². The highest BCUT2D eigenvalue weighted by Crippen LogP contribution is 2.20. The Morgan fingerprint density at radius 3 is 2.78 bits per heavy atom. The number of hydrogen-bond acceptors (Lipinski definition) is 3. The van der Waals surface area contributed by atoms with Crippen LogP contribution in [0, 0.1) is 13.8 Å². The second-order valence-electron chi connectivity index (χ2n) is 4.52. The van der Waals surface area contributed by atoms with Crippen molar-refractivity contribution in [1.29, 1.82) is 0 Å². The summed E-state index contributed by atoms with van der Waals surface area (Å²) in [6, 6.07) is 6.19. The summed E-state index contributed by atoms with van der Waals surface area (Å²) in [5.41, 5.74) is 8.78. The summed E-state index contributed by atoms with van der Waals surface area (Å²) in [5.74, 6) is 1.80. The van der Waals surface area contributed by atoms with Crippen LogP contribution in [-0.4, -0.2) is 9.55 Å². The number of nitrogens with zero attached hydrogens (tertiary/aromatic N) is 2. The van der Waals surface area contributed by atoms with E-state index in [1.807, 2.05) is 30.8 Å². The van der Waals surface area contributed by atoms with Gasteiger partial charge in [-0.1, -0.05) is 12.1 Å². The second-order valence-corrected chi connectivity index (χ2v) is 4.52. The molecule has 0 saturated heterocycles. The highest BCUT2D eigenvalue weighted by Gasteiger charge is 2.06. The Bertz CT molecular complexity index is 546. The van der Waals surface area contributed by atoms with E-state index in [0.717, 1.165) is 22.8 Å². The number of nitrogens with two attached hydrogens (primary N) is 1. The summed E-state index contributed by atoms with van der Waals surface area (Å²) in [6.45, 7) is 5.01. The van der Waals surface area contributed by atoms with Crippen LogP contribution in [0.15, 0.2) is 24.4 Å². The van der Waals surface area contributed by atoms with Gasteiger partial charge in [0.15, 0.2) is 0 Å². The van der Waals surface area contributed by atoms with Crippen LogP contribution in [0.2, 0.25) is 0 Å². The monoisotopic (exact) mass is 245 g/mol. The molecule has 0 radical (unpaired) electrons. The average Bonchev–Trinajstić information content (AvgIpc) is 2.71. The van der Waals surface area contributed by atoms with Crippen molar-refractivity contribution in [3.05, 3.63) is 47.0 Å². The smallest absolute Gasteiger partial charge is 0.146 e. The summed E-state index contributed by atoms with van der Waals surface area (Å²) in [4.78, 5) is 4.41. The zero-order chi connectivity index (χ0) is 13.1. The average molecular weight is 245 g/mol. The third-order valence-electron chi connectivity index (χ3n) is 2.93. The highest BCUT2D eigenvalue weighted by atomic mass is 16.5. The second kappa shape index (κ2) is 5.23. The van der Waals surface area contributed by atoms with E-state index in [0.29, 0.717) is 13.2 Å². The van der Waals surface area contributed by atoms with Crippen LogP contribution in [0.25, 0.3) is 0 Å². The summed E-state index contributed by atoms with van der Waals surface area (Å²) in [5, 5.41) is 0. The van der Waals surface area contributed by atoms with Gasteiger partial charge in [0.05, 0.1) is 5.69 Å². The summed E-state index contributed by atoms with van der Waals surface area (Å²) < 4.78 is 7.77. The molecule has 0 unspecified atom stereocenters. The molecule has 1 aromatic carbocycles. The first-order valence-electron chi connectivity index (χ1n) is 6.01. The largest absolute Gasteiger partial charge is 0.485 e. The lowest BCUT2D eigenvalue weighted by molar-refractivity contribution is 0.289. The van der Waals surface area contributed by atoms with E-state index in [1.54, 1.807) is 0 Å². The third kappa shape index (κ3) is 2.71. The molecule has 0 bridgehead atoms. The van der Waals surface area contributed by atoms with Gasteiger partial charge in [0.1, 0.15) is 18.2 Å². The first-order chi connectivity index (χ1) is 8.60. The fourth-order valence-corrected chi connectivity index (χ4v) is 1.81. The third-order valence-corrected chi connectivity index (χ3v) is 2.93. The molecule has 0 fully saturated rings. The molecule has 96 valence electrons. The Kier molecular flexibility index (Phi) is 3.67. The van der Waals surface area contributed by atoms with Crippen LogP contribution in [0.5, 0.6) is 5.75 Å². The Labute approximate surface area is 107 Å². The quantitative estimate of drug-likeness (QED) is 0.897. The summed E-state index contributed by atoms with van der Waals surface area (Å²) >= 11 is 0. The van der Waals surface area contributed by atoms with Crippen LogP contribution in [0.4, 0.5) is 0 Å². The molecule has 2 rings (SSSR count). The number of rotatable bonds is 4. The lowest BCUT2D eigenvalue weighted by atomic mass is 10.1. The lowest BCUT2D eigenvalue weighted by Gasteiger charge is -2.09. The van der Waals surface area contributed by atoms with Gasteiger partial charge in [-0.3, -0.25) is 0 Å². The highest BCUT2D eigenvalue weighted by molar-refractivity contribution is 5.36. The van der Waals surface area contributed by atoms with Crippen molar-refractivity contribution in [3.63, 3.8) is 0 Å². The Morgan fingerprint density at radius 1 is 1.33 bits per heavy atom. The molecular formula is C14H19N3O. The minimum absolute atomic E-state index is 0.456. The fourth-order valence-electron chi connectivity index (χ4n) is 1.81. The molecule has 1 heterocycles. The standard InChI is InChI=1S/C14H19N3O/c1-10-4-5-11(2)13(6-10)18-9-14-16-12(7-15)8-17(14)3/h4-6,8H,7,9,15H2,1-3H3.